The number of hydrogen-bond donors (Lipinski definition) is 1. The number of rotatable bonds is 3. The molecule has 0 saturated carbocycles. The van der Waals surface area contributed by atoms with Crippen molar-refractivity contribution in [3.05, 3.63) is 33.8 Å². The number of carbonyl (C=O) groups is 1. The highest BCUT2D eigenvalue weighted by Gasteiger charge is 2.43. The summed E-state index contributed by atoms with van der Waals surface area (Å²) in [4.78, 5) is 13.3. The molecule has 1 aliphatic heterocycles. The Bertz CT molecular complexity index is 478. The molecule has 18 heavy (non-hydrogen) atoms. The van der Waals surface area contributed by atoms with Crippen LogP contribution in [0.4, 0.5) is 0 Å². The van der Waals surface area contributed by atoms with E-state index >= 15 is 0 Å². The van der Waals surface area contributed by atoms with Gasteiger partial charge in [-0.25, -0.2) is 0 Å². The first-order valence-corrected chi connectivity index (χ1v) is 6.61. The molecular weight excluding hydrogens is 273 g/mol. The molecule has 1 atom stereocenters. The molecule has 2 rings (SSSR count). The molecule has 0 aromatic heterocycles. The molecular formula is C13H15Cl2NO2. The van der Waals surface area contributed by atoms with Gasteiger partial charge < -0.3 is 5.11 Å². The topological polar surface area (TPSA) is 40.5 Å². The second kappa shape index (κ2) is 5.08. The van der Waals surface area contributed by atoms with Crippen molar-refractivity contribution in [2.75, 3.05) is 6.54 Å². The van der Waals surface area contributed by atoms with Gasteiger partial charge in [-0.1, -0.05) is 29.3 Å². The summed E-state index contributed by atoms with van der Waals surface area (Å²) in [6, 6.07) is 5.42. The first kappa shape index (κ1) is 13.7. The van der Waals surface area contributed by atoms with Gasteiger partial charge in [0.15, 0.2) is 0 Å². The van der Waals surface area contributed by atoms with Gasteiger partial charge in [-0.15, -0.1) is 0 Å². The molecule has 98 valence electrons. The zero-order valence-corrected chi connectivity index (χ0v) is 11.6. The highest BCUT2D eigenvalue weighted by Crippen LogP contribution is 2.32. The summed E-state index contributed by atoms with van der Waals surface area (Å²) in [7, 11) is 0. The van der Waals surface area contributed by atoms with E-state index in [0.29, 0.717) is 23.0 Å². The average molecular weight is 288 g/mol. The van der Waals surface area contributed by atoms with E-state index in [1.165, 1.54) is 0 Å². The lowest BCUT2D eigenvalue weighted by molar-refractivity contribution is -0.148. The molecule has 3 nitrogen and oxygen atoms in total. The van der Waals surface area contributed by atoms with Crippen molar-refractivity contribution in [2.24, 2.45) is 0 Å². The van der Waals surface area contributed by atoms with Gasteiger partial charge in [-0.2, -0.15) is 0 Å². The van der Waals surface area contributed by atoms with E-state index in [-0.39, 0.29) is 0 Å². The van der Waals surface area contributed by atoms with Crippen LogP contribution in [0.2, 0.25) is 10.0 Å². The monoisotopic (exact) mass is 287 g/mol. The molecule has 0 aliphatic carbocycles. The summed E-state index contributed by atoms with van der Waals surface area (Å²) in [6.07, 6.45) is 1.59. The number of halogens is 2. The zero-order chi connectivity index (χ0) is 13.3. The van der Waals surface area contributed by atoms with Gasteiger partial charge in [0.1, 0.15) is 5.54 Å². The highest BCUT2D eigenvalue weighted by molar-refractivity contribution is 6.42. The fraction of sp³-hybridized carbons (Fsp3) is 0.462. The lowest BCUT2D eigenvalue weighted by Gasteiger charge is -2.31. The molecule has 1 aromatic carbocycles. The molecule has 1 unspecified atom stereocenters. The fourth-order valence-electron chi connectivity index (χ4n) is 2.37. The van der Waals surface area contributed by atoms with E-state index in [2.05, 4.69) is 0 Å². The standard InChI is InChI=1S/C13H15Cl2NO2/c1-13(12(17)18)5-2-6-16(13)8-9-3-4-10(14)11(15)7-9/h3-4,7H,2,5-6,8H2,1H3,(H,17,18). The zero-order valence-electron chi connectivity index (χ0n) is 10.1. The third-order valence-corrected chi connectivity index (χ3v) is 4.35. The van der Waals surface area contributed by atoms with Crippen LogP contribution in [0, 0.1) is 0 Å². The number of likely N-dealkylation sites (tertiary alicyclic amines) is 1. The molecule has 0 spiro atoms. The smallest absolute Gasteiger partial charge is 0.323 e. The lowest BCUT2D eigenvalue weighted by atomic mass is 9.99. The van der Waals surface area contributed by atoms with E-state index in [1.54, 1.807) is 19.1 Å². The van der Waals surface area contributed by atoms with Crippen LogP contribution in [0.15, 0.2) is 18.2 Å². The van der Waals surface area contributed by atoms with E-state index in [0.717, 1.165) is 18.5 Å². The molecule has 0 bridgehead atoms. The largest absolute Gasteiger partial charge is 0.480 e. The van der Waals surface area contributed by atoms with Crippen molar-refractivity contribution in [3.63, 3.8) is 0 Å². The summed E-state index contributed by atoms with van der Waals surface area (Å²) in [5.74, 6) is -0.764. The minimum absolute atomic E-state index is 0.505. The van der Waals surface area contributed by atoms with Crippen LogP contribution < -0.4 is 0 Å². The van der Waals surface area contributed by atoms with E-state index < -0.39 is 11.5 Å². The van der Waals surface area contributed by atoms with Crippen LogP contribution >= 0.6 is 23.2 Å². The minimum atomic E-state index is -0.772. The molecule has 1 N–H and O–H groups in total. The highest BCUT2D eigenvalue weighted by atomic mass is 35.5. The van der Waals surface area contributed by atoms with Crippen LogP contribution in [-0.4, -0.2) is 28.1 Å². The Morgan fingerprint density at radius 2 is 2.17 bits per heavy atom. The van der Waals surface area contributed by atoms with E-state index in [4.69, 9.17) is 23.2 Å². The normalized spacial score (nSPS) is 24.4. The van der Waals surface area contributed by atoms with Crippen LogP contribution in [-0.2, 0) is 11.3 Å². The summed E-state index contributed by atoms with van der Waals surface area (Å²) >= 11 is 11.8. The predicted octanol–water partition coefficient (Wildman–Crippen LogP) is 3.43. The SMILES string of the molecule is CC1(C(=O)O)CCCN1Cc1ccc(Cl)c(Cl)c1. The Balaban J connectivity index is 2.18. The van der Waals surface area contributed by atoms with Crippen LogP contribution in [0.3, 0.4) is 0 Å². The Morgan fingerprint density at radius 3 is 2.78 bits per heavy atom. The summed E-state index contributed by atoms with van der Waals surface area (Å²) < 4.78 is 0. The van der Waals surface area contributed by atoms with Gasteiger partial charge in [0.2, 0.25) is 0 Å². The summed E-state index contributed by atoms with van der Waals surface area (Å²) in [5.41, 5.74) is 0.213. The van der Waals surface area contributed by atoms with Crippen molar-refractivity contribution < 1.29 is 9.90 Å². The first-order valence-electron chi connectivity index (χ1n) is 5.86. The molecule has 1 aromatic rings. The number of carboxylic acid groups (broad SMARTS) is 1. The number of nitrogens with zero attached hydrogens (tertiary/aromatic N) is 1. The Morgan fingerprint density at radius 1 is 1.44 bits per heavy atom. The summed E-state index contributed by atoms with van der Waals surface area (Å²) in [6.45, 7) is 3.16. The van der Waals surface area contributed by atoms with Gasteiger partial charge in [-0.3, -0.25) is 9.69 Å². The molecule has 1 fully saturated rings. The van der Waals surface area contributed by atoms with Gasteiger partial charge in [0.25, 0.3) is 0 Å². The van der Waals surface area contributed by atoms with Gasteiger partial charge in [0, 0.05) is 6.54 Å². The summed E-state index contributed by atoms with van der Waals surface area (Å²) in [5, 5.41) is 10.4. The maximum Gasteiger partial charge on any atom is 0.323 e. The van der Waals surface area contributed by atoms with Crippen molar-refractivity contribution in [1.29, 1.82) is 0 Å². The number of hydrogen-bond acceptors (Lipinski definition) is 2. The van der Waals surface area contributed by atoms with Gasteiger partial charge in [-0.05, 0) is 44.0 Å². The van der Waals surface area contributed by atoms with E-state index in [1.807, 2.05) is 11.0 Å². The van der Waals surface area contributed by atoms with Crippen molar-refractivity contribution >= 4 is 29.2 Å². The van der Waals surface area contributed by atoms with Gasteiger partial charge in [0.05, 0.1) is 10.0 Å². The second-order valence-corrected chi connectivity index (χ2v) is 5.67. The maximum absolute atomic E-state index is 11.4. The average Bonchev–Trinajstić information content (AvgIpc) is 2.67. The molecule has 1 heterocycles. The first-order chi connectivity index (χ1) is 8.43. The number of benzene rings is 1. The molecule has 1 aliphatic rings. The number of carboxylic acids is 1. The van der Waals surface area contributed by atoms with E-state index in [9.17, 15) is 9.90 Å². The minimum Gasteiger partial charge on any atom is -0.480 e. The van der Waals surface area contributed by atoms with Gasteiger partial charge >= 0.3 is 5.97 Å². The molecule has 1 saturated heterocycles. The van der Waals surface area contributed by atoms with Crippen molar-refractivity contribution in [1.82, 2.24) is 4.90 Å². The molecule has 0 amide bonds. The molecule has 0 radical (unpaired) electrons. The van der Waals surface area contributed by atoms with Crippen LogP contribution in [0.25, 0.3) is 0 Å². The second-order valence-electron chi connectivity index (χ2n) is 4.85. The fourth-order valence-corrected chi connectivity index (χ4v) is 2.69. The third-order valence-electron chi connectivity index (χ3n) is 3.61. The van der Waals surface area contributed by atoms with Crippen LogP contribution in [0.5, 0.6) is 0 Å². The third kappa shape index (κ3) is 2.48. The molecule has 5 heteroatoms. The Labute approximate surface area is 116 Å². The van der Waals surface area contributed by atoms with Crippen molar-refractivity contribution in [2.45, 2.75) is 31.8 Å². The Hall–Kier alpha value is -0.770. The predicted molar refractivity (Wildman–Crippen MR) is 72.1 cm³/mol. The lowest BCUT2D eigenvalue weighted by Crippen LogP contribution is -2.47. The maximum atomic E-state index is 11.4. The van der Waals surface area contributed by atoms with Crippen LogP contribution in [0.1, 0.15) is 25.3 Å². The van der Waals surface area contributed by atoms with Crippen molar-refractivity contribution in [3.8, 4) is 0 Å². The Kier molecular flexibility index (Phi) is 3.85. The quantitative estimate of drug-likeness (QED) is 0.926. The number of aliphatic carboxylic acids is 1.